The van der Waals surface area contributed by atoms with Crippen molar-refractivity contribution in [3.05, 3.63) is 11.4 Å². The fraction of sp³-hybridized carbons (Fsp3) is 0.571. The summed E-state index contributed by atoms with van der Waals surface area (Å²) < 4.78 is 0. The van der Waals surface area contributed by atoms with E-state index in [9.17, 15) is 0 Å². The molecular formula is C14H21N5S. The lowest BCUT2D eigenvalue weighted by Crippen LogP contribution is -2.39. The van der Waals surface area contributed by atoms with Crippen molar-refractivity contribution in [1.29, 1.82) is 0 Å². The number of piperidine rings is 1. The van der Waals surface area contributed by atoms with Gasteiger partial charge in [-0.15, -0.1) is 11.3 Å². The highest BCUT2D eigenvalue weighted by molar-refractivity contribution is 7.16. The number of hydrogen-bond donors (Lipinski definition) is 2. The van der Waals surface area contributed by atoms with Gasteiger partial charge in [-0.1, -0.05) is 20.3 Å². The summed E-state index contributed by atoms with van der Waals surface area (Å²) >= 11 is 1.63. The number of aromatic nitrogens is 2. The minimum Gasteiger partial charge on any atom is -0.356 e. The summed E-state index contributed by atoms with van der Waals surface area (Å²) in [5.74, 6) is 7.00. The van der Waals surface area contributed by atoms with E-state index in [1.54, 1.807) is 11.3 Å². The van der Waals surface area contributed by atoms with Crippen LogP contribution in [0, 0.1) is 5.41 Å². The summed E-state index contributed by atoms with van der Waals surface area (Å²) in [6.07, 6.45) is 3.67. The number of nitrogen functional groups attached to an aromatic ring is 1. The number of anilines is 2. The molecule has 2 aromatic heterocycles. The van der Waals surface area contributed by atoms with E-state index in [1.165, 1.54) is 19.3 Å². The molecule has 0 aromatic carbocycles. The van der Waals surface area contributed by atoms with Crippen LogP contribution < -0.4 is 16.2 Å². The van der Waals surface area contributed by atoms with Crippen LogP contribution in [0.2, 0.25) is 0 Å². The molecule has 0 spiro atoms. The quantitative estimate of drug-likeness (QED) is 0.672. The molecule has 1 saturated heterocycles. The lowest BCUT2D eigenvalue weighted by Gasteiger charge is -2.39. The van der Waals surface area contributed by atoms with Crippen LogP contribution in [0.3, 0.4) is 0 Å². The number of nitrogens with two attached hydrogens (primary N) is 1. The third kappa shape index (κ3) is 2.33. The molecule has 3 rings (SSSR count). The molecule has 0 aliphatic carbocycles. The predicted molar refractivity (Wildman–Crippen MR) is 85.1 cm³/mol. The van der Waals surface area contributed by atoms with Crippen LogP contribution >= 0.6 is 11.3 Å². The molecule has 0 bridgehead atoms. The summed E-state index contributed by atoms with van der Waals surface area (Å²) in [5, 5.41) is 3.19. The van der Waals surface area contributed by atoms with Gasteiger partial charge < -0.3 is 4.90 Å². The highest BCUT2D eigenvalue weighted by Crippen LogP contribution is 2.37. The first-order valence-electron chi connectivity index (χ1n) is 7.12. The van der Waals surface area contributed by atoms with Crippen molar-refractivity contribution in [2.75, 3.05) is 23.4 Å². The number of thiophene rings is 1. The summed E-state index contributed by atoms with van der Waals surface area (Å²) in [5.41, 5.74) is 3.05. The second kappa shape index (κ2) is 5.18. The van der Waals surface area contributed by atoms with Gasteiger partial charge in [-0.2, -0.15) is 4.98 Å². The first-order chi connectivity index (χ1) is 9.65. The molecule has 6 heteroatoms. The van der Waals surface area contributed by atoms with Gasteiger partial charge in [-0.3, -0.25) is 5.43 Å². The van der Waals surface area contributed by atoms with E-state index in [0.717, 1.165) is 29.1 Å². The predicted octanol–water partition coefficient (Wildman–Crippen LogP) is 2.99. The van der Waals surface area contributed by atoms with Crippen molar-refractivity contribution in [3.63, 3.8) is 0 Å². The van der Waals surface area contributed by atoms with E-state index in [1.807, 2.05) is 0 Å². The highest BCUT2D eigenvalue weighted by atomic mass is 32.1. The Kier molecular flexibility index (Phi) is 3.52. The summed E-state index contributed by atoms with van der Waals surface area (Å²) in [6.45, 7) is 6.78. The Morgan fingerprint density at radius 3 is 2.80 bits per heavy atom. The molecular weight excluding hydrogens is 270 g/mol. The Labute approximate surface area is 123 Å². The number of nitrogens with zero attached hydrogens (tertiary/aromatic N) is 3. The number of fused-ring (bicyclic) bond motifs is 1. The second-order valence-corrected chi connectivity index (χ2v) is 6.70. The maximum Gasteiger partial charge on any atom is 0.240 e. The molecule has 20 heavy (non-hydrogen) atoms. The Hall–Kier alpha value is -1.40. The van der Waals surface area contributed by atoms with Gasteiger partial charge in [-0.05, 0) is 29.7 Å². The van der Waals surface area contributed by atoms with Crippen molar-refractivity contribution in [3.8, 4) is 0 Å². The fourth-order valence-electron chi connectivity index (χ4n) is 2.76. The molecule has 5 nitrogen and oxygen atoms in total. The maximum absolute atomic E-state index is 5.48. The van der Waals surface area contributed by atoms with E-state index in [2.05, 4.69) is 45.6 Å². The van der Waals surface area contributed by atoms with E-state index < -0.39 is 0 Å². The zero-order chi connectivity index (χ0) is 14.2. The number of hydrogen-bond acceptors (Lipinski definition) is 6. The van der Waals surface area contributed by atoms with Crippen LogP contribution in [0.15, 0.2) is 11.4 Å². The van der Waals surface area contributed by atoms with Crippen molar-refractivity contribution in [2.24, 2.45) is 11.3 Å². The average molecular weight is 291 g/mol. The fourth-order valence-corrected chi connectivity index (χ4v) is 3.52. The third-order valence-electron chi connectivity index (χ3n) is 4.56. The summed E-state index contributed by atoms with van der Waals surface area (Å²) in [7, 11) is 0. The van der Waals surface area contributed by atoms with E-state index in [-0.39, 0.29) is 0 Å². The lowest BCUT2D eigenvalue weighted by molar-refractivity contribution is 0.238. The molecule has 1 aliphatic heterocycles. The minimum atomic E-state index is 0.478. The molecule has 0 saturated carbocycles. The minimum absolute atomic E-state index is 0.478. The SMILES string of the molecule is CCC1(C)CCN(c2nc(NN)nc3sccc23)CC1. The van der Waals surface area contributed by atoms with Gasteiger partial charge in [-0.25, -0.2) is 10.8 Å². The molecule has 3 heterocycles. The van der Waals surface area contributed by atoms with Crippen molar-refractivity contribution in [1.82, 2.24) is 9.97 Å². The molecule has 3 N–H and O–H groups in total. The number of hydrazine groups is 1. The molecule has 1 aliphatic rings. The largest absolute Gasteiger partial charge is 0.356 e. The summed E-state index contributed by atoms with van der Waals surface area (Å²) in [4.78, 5) is 12.3. The first kappa shape index (κ1) is 13.6. The topological polar surface area (TPSA) is 67.1 Å². The molecule has 108 valence electrons. The van der Waals surface area contributed by atoms with Gasteiger partial charge in [0.05, 0.1) is 5.39 Å². The first-order valence-corrected chi connectivity index (χ1v) is 8.00. The molecule has 2 aromatic rings. The molecule has 0 radical (unpaired) electrons. The van der Waals surface area contributed by atoms with Crippen LogP contribution in [0.5, 0.6) is 0 Å². The monoisotopic (exact) mass is 291 g/mol. The standard InChI is InChI=1S/C14H21N5S/c1-3-14(2)5-7-19(8-6-14)11-10-4-9-20-12(10)17-13(16-11)18-15/h4,9H,3,5-8,15H2,1-2H3,(H,16,17,18). The lowest BCUT2D eigenvalue weighted by atomic mass is 9.78. The van der Waals surface area contributed by atoms with Gasteiger partial charge >= 0.3 is 0 Å². The van der Waals surface area contributed by atoms with Crippen molar-refractivity contribution in [2.45, 2.75) is 33.1 Å². The van der Waals surface area contributed by atoms with Gasteiger partial charge in [0.2, 0.25) is 5.95 Å². The van der Waals surface area contributed by atoms with Crippen LogP contribution in [0.4, 0.5) is 11.8 Å². The summed E-state index contributed by atoms with van der Waals surface area (Å²) in [6, 6.07) is 2.10. The second-order valence-electron chi connectivity index (χ2n) is 5.81. The van der Waals surface area contributed by atoms with Crippen molar-refractivity contribution >= 4 is 33.3 Å². The van der Waals surface area contributed by atoms with Crippen molar-refractivity contribution < 1.29 is 0 Å². The van der Waals surface area contributed by atoms with Crippen LogP contribution in [0.1, 0.15) is 33.1 Å². The zero-order valence-electron chi connectivity index (χ0n) is 12.0. The molecule has 0 amide bonds. The molecule has 0 atom stereocenters. The van der Waals surface area contributed by atoms with Crippen LogP contribution in [0.25, 0.3) is 10.2 Å². The van der Waals surface area contributed by atoms with Crippen LogP contribution in [-0.2, 0) is 0 Å². The zero-order valence-corrected chi connectivity index (χ0v) is 12.8. The van der Waals surface area contributed by atoms with Gasteiger partial charge in [0.15, 0.2) is 0 Å². The average Bonchev–Trinajstić information content (AvgIpc) is 2.95. The molecule has 1 fully saturated rings. The smallest absolute Gasteiger partial charge is 0.240 e. The Morgan fingerprint density at radius 2 is 2.15 bits per heavy atom. The Balaban J connectivity index is 1.92. The molecule has 0 unspecified atom stereocenters. The van der Waals surface area contributed by atoms with E-state index in [4.69, 9.17) is 5.84 Å². The number of rotatable bonds is 3. The van der Waals surface area contributed by atoms with Crippen LogP contribution in [-0.4, -0.2) is 23.1 Å². The Bertz CT molecular complexity index is 601. The Morgan fingerprint density at radius 1 is 1.40 bits per heavy atom. The van der Waals surface area contributed by atoms with Gasteiger partial charge in [0.25, 0.3) is 0 Å². The number of nitrogens with one attached hydrogen (secondary N) is 1. The van der Waals surface area contributed by atoms with E-state index in [0.29, 0.717) is 11.4 Å². The maximum atomic E-state index is 5.48. The normalized spacial score (nSPS) is 18.4. The van der Waals surface area contributed by atoms with E-state index >= 15 is 0 Å². The highest BCUT2D eigenvalue weighted by Gasteiger charge is 2.29. The van der Waals surface area contributed by atoms with Gasteiger partial charge in [0, 0.05) is 13.1 Å². The third-order valence-corrected chi connectivity index (χ3v) is 5.36. The van der Waals surface area contributed by atoms with Gasteiger partial charge in [0.1, 0.15) is 10.6 Å².